The molecule has 0 spiro atoms. The highest BCUT2D eigenvalue weighted by Crippen LogP contribution is 2.26. The van der Waals surface area contributed by atoms with Crippen molar-refractivity contribution in [2.75, 3.05) is 0 Å². The van der Waals surface area contributed by atoms with Gasteiger partial charge in [0, 0.05) is 11.9 Å². The maximum absolute atomic E-state index is 4.70. The van der Waals surface area contributed by atoms with E-state index in [9.17, 15) is 0 Å². The number of nitrogens with zero attached hydrogens (tertiary/aromatic N) is 2. The Hall–Kier alpha value is -1.31. The van der Waals surface area contributed by atoms with Crippen LogP contribution >= 0.6 is 0 Å². The Balaban J connectivity index is 2.75. The zero-order valence-electron chi connectivity index (χ0n) is 9.86. The average molecular weight is 202 g/mol. The molecule has 2 heteroatoms. The van der Waals surface area contributed by atoms with E-state index in [-0.39, 0.29) is 0 Å². The quantitative estimate of drug-likeness (QED) is 0.727. The Morgan fingerprint density at radius 1 is 1.07 bits per heavy atom. The van der Waals surface area contributed by atoms with Crippen molar-refractivity contribution < 1.29 is 0 Å². The van der Waals surface area contributed by atoms with Crippen molar-refractivity contribution in [3.63, 3.8) is 0 Å². The minimum absolute atomic E-state index is 0.488. The molecule has 0 aliphatic heterocycles. The van der Waals surface area contributed by atoms with Crippen molar-refractivity contribution in [2.45, 2.75) is 39.5 Å². The molecule has 0 N–H and O–H groups in total. The lowest BCUT2D eigenvalue weighted by molar-refractivity contribution is 0.745. The molecule has 0 atom stereocenters. The predicted octanol–water partition coefficient (Wildman–Crippen LogP) is 3.58. The smallest absolute Gasteiger partial charge is 0.137 e. The SMILES string of the molecule is CC(C)c1nc2ccccn2c1C(C)C. The zero-order valence-corrected chi connectivity index (χ0v) is 9.86. The maximum atomic E-state index is 4.70. The Morgan fingerprint density at radius 3 is 2.40 bits per heavy atom. The Labute approximate surface area is 91.0 Å². The van der Waals surface area contributed by atoms with Gasteiger partial charge in [-0.3, -0.25) is 0 Å². The minimum Gasteiger partial charge on any atom is -0.304 e. The minimum atomic E-state index is 0.488. The lowest BCUT2D eigenvalue weighted by Crippen LogP contribution is -2.00. The topological polar surface area (TPSA) is 17.3 Å². The Morgan fingerprint density at radius 2 is 1.80 bits per heavy atom. The van der Waals surface area contributed by atoms with Crippen LogP contribution in [0.5, 0.6) is 0 Å². The van der Waals surface area contributed by atoms with Gasteiger partial charge in [0.1, 0.15) is 5.65 Å². The molecule has 0 saturated heterocycles. The molecular weight excluding hydrogens is 184 g/mol. The molecule has 0 unspecified atom stereocenters. The van der Waals surface area contributed by atoms with Crippen LogP contribution in [0.2, 0.25) is 0 Å². The predicted molar refractivity (Wildman–Crippen MR) is 63.4 cm³/mol. The summed E-state index contributed by atoms with van der Waals surface area (Å²) in [4.78, 5) is 4.70. The first-order valence-corrected chi connectivity index (χ1v) is 5.58. The number of hydrogen-bond donors (Lipinski definition) is 0. The molecule has 2 heterocycles. The number of imidazole rings is 1. The Kier molecular flexibility index (Phi) is 2.51. The molecule has 80 valence electrons. The summed E-state index contributed by atoms with van der Waals surface area (Å²) < 4.78 is 2.21. The molecule has 0 aromatic carbocycles. The first kappa shape index (κ1) is 10.2. The van der Waals surface area contributed by atoms with Crippen LogP contribution < -0.4 is 0 Å². The number of fused-ring (bicyclic) bond motifs is 1. The molecule has 0 saturated carbocycles. The van der Waals surface area contributed by atoms with E-state index >= 15 is 0 Å². The van der Waals surface area contributed by atoms with Crippen molar-refractivity contribution in [3.8, 4) is 0 Å². The molecular formula is C13H18N2. The van der Waals surface area contributed by atoms with Gasteiger partial charge in [0.05, 0.1) is 5.69 Å². The molecule has 0 fully saturated rings. The summed E-state index contributed by atoms with van der Waals surface area (Å²) >= 11 is 0. The molecule has 0 aliphatic rings. The van der Waals surface area contributed by atoms with Gasteiger partial charge in [0.25, 0.3) is 0 Å². The third kappa shape index (κ3) is 1.65. The highest BCUT2D eigenvalue weighted by molar-refractivity contribution is 5.44. The van der Waals surface area contributed by atoms with Crippen LogP contribution in [0.25, 0.3) is 5.65 Å². The van der Waals surface area contributed by atoms with Gasteiger partial charge in [-0.2, -0.15) is 0 Å². The van der Waals surface area contributed by atoms with E-state index in [2.05, 4.69) is 50.4 Å². The number of rotatable bonds is 2. The molecule has 2 aromatic rings. The van der Waals surface area contributed by atoms with Crippen molar-refractivity contribution in [3.05, 3.63) is 35.8 Å². The van der Waals surface area contributed by atoms with E-state index in [1.807, 2.05) is 6.07 Å². The summed E-state index contributed by atoms with van der Waals surface area (Å²) in [5.74, 6) is 1.00. The third-order valence-electron chi connectivity index (χ3n) is 2.69. The van der Waals surface area contributed by atoms with E-state index in [0.29, 0.717) is 11.8 Å². The van der Waals surface area contributed by atoms with Crippen molar-refractivity contribution >= 4 is 5.65 Å². The fraction of sp³-hybridized carbons (Fsp3) is 0.462. The van der Waals surface area contributed by atoms with Crippen molar-refractivity contribution in [1.82, 2.24) is 9.38 Å². The van der Waals surface area contributed by atoms with Crippen LogP contribution in [0.4, 0.5) is 0 Å². The second-order valence-corrected chi connectivity index (χ2v) is 4.62. The van der Waals surface area contributed by atoms with Gasteiger partial charge in [0.2, 0.25) is 0 Å². The number of pyridine rings is 1. The summed E-state index contributed by atoms with van der Waals surface area (Å²) in [6, 6.07) is 6.17. The van der Waals surface area contributed by atoms with Crippen LogP contribution in [0.15, 0.2) is 24.4 Å². The maximum Gasteiger partial charge on any atom is 0.137 e. The lowest BCUT2D eigenvalue weighted by atomic mass is 10.0. The summed E-state index contributed by atoms with van der Waals surface area (Å²) in [7, 11) is 0. The van der Waals surface area contributed by atoms with Gasteiger partial charge in [0.15, 0.2) is 0 Å². The summed E-state index contributed by atoms with van der Waals surface area (Å²) in [5, 5.41) is 0. The van der Waals surface area contributed by atoms with Crippen LogP contribution in [0, 0.1) is 0 Å². The number of aromatic nitrogens is 2. The lowest BCUT2D eigenvalue weighted by Gasteiger charge is -2.10. The van der Waals surface area contributed by atoms with Gasteiger partial charge in [-0.05, 0) is 24.0 Å². The largest absolute Gasteiger partial charge is 0.304 e. The monoisotopic (exact) mass is 202 g/mol. The average Bonchev–Trinajstić information content (AvgIpc) is 2.56. The van der Waals surface area contributed by atoms with Gasteiger partial charge in [-0.1, -0.05) is 33.8 Å². The molecule has 2 aromatic heterocycles. The summed E-state index contributed by atoms with van der Waals surface area (Å²) in [5.41, 5.74) is 3.64. The van der Waals surface area contributed by atoms with Gasteiger partial charge >= 0.3 is 0 Å². The van der Waals surface area contributed by atoms with E-state index in [0.717, 1.165) is 5.65 Å². The van der Waals surface area contributed by atoms with Crippen LogP contribution in [-0.4, -0.2) is 9.38 Å². The van der Waals surface area contributed by atoms with Crippen LogP contribution in [0.1, 0.15) is 50.9 Å². The first-order chi connectivity index (χ1) is 7.11. The highest BCUT2D eigenvalue weighted by Gasteiger charge is 2.16. The first-order valence-electron chi connectivity index (χ1n) is 5.58. The third-order valence-corrected chi connectivity index (χ3v) is 2.69. The van der Waals surface area contributed by atoms with E-state index in [1.165, 1.54) is 11.4 Å². The molecule has 0 amide bonds. The zero-order chi connectivity index (χ0) is 11.0. The fourth-order valence-electron chi connectivity index (χ4n) is 2.03. The van der Waals surface area contributed by atoms with Crippen LogP contribution in [-0.2, 0) is 0 Å². The van der Waals surface area contributed by atoms with Gasteiger partial charge < -0.3 is 4.40 Å². The summed E-state index contributed by atoms with van der Waals surface area (Å²) in [6.07, 6.45) is 2.10. The molecule has 15 heavy (non-hydrogen) atoms. The van der Waals surface area contributed by atoms with Crippen molar-refractivity contribution in [1.29, 1.82) is 0 Å². The molecule has 0 bridgehead atoms. The summed E-state index contributed by atoms with van der Waals surface area (Å²) in [6.45, 7) is 8.85. The Bertz CT molecular complexity index is 466. The highest BCUT2D eigenvalue weighted by atomic mass is 15.0. The van der Waals surface area contributed by atoms with Gasteiger partial charge in [-0.15, -0.1) is 0 Å². The molecule has 2 rings (SSSR count). The standard InChI is InChI=1S/C13H18N2/c1-9(2)12-13(10(3)4)15-8-6-5-7-11(15)14-12/h5-10H,1-4H3. The second-order valence-electron chi connectivity index (χ2n) is 4.62. The van der Waals surface area contributed by atoms with E-state index < -0.39 is 0 Å². The molecule has 0 aliphatic carbocycles. The number of hydrogen-bond acceptors (Lipinski definition) is 1. The normalized spacial score (nSPS) is 11.9. The van der Waals surface area contributed by atoms with Crippen LogP contribution in [0.3, 0.4) is 0 Å². The van der Waals surface area contributed by atoms with Gasteiger partial charge in [-0.25, -0.2) is 4.98 Å². The molecule has 2 nitrogen and oxygen atoms in total. The molecule has 0 radical (unpaired) electrons. The van der Waals surface area contributed by atoms with E-state index in [1.54, 1.807) is 0 Å². The fourth-order valence-corrected chi connectivity index (χ4v) is 2.03. The second kappa shape index (κ2) is 3.69. The van der Waals surface area contributed by atoms with Crippen molar-refractivity contribution in [2.24, 2.45) is 0 Å². The van der Waals surface area contributed by atoms with E-state index in [4.69, 9.17) is 4.98 Å².